The lowest BCUT2D eigenvalue weighted by molar-refractivity contribution is -0.146. The normalized spacial score (nSPS) is 21.3. The molecular weight excluding hydrogens is 462 g/mol. The van der Waals surface area contributed by atoms with Crippen LogP contribution in [0.25, 0.3) is 11.1 Å². The number of hydrogen-bond acceptors (Lipinski definition) is 5. The van der Waals surface area contributed by atoms with Crippen molar-refractivity contribution >= 4 is 18.0 Å². The van der Waals surface area contributed by atoms with Crippen molar-refractivity contribution in [3.05, 3.63) is 59.7 Å². The lowest BCUT2D eigenvalue weighted by Crippen LogP contribution is -2.49. The smallest absolute Gasteiger partial charge is 0.407 e. The molecule has 2 aromatic rings. The van der Waals surface area contributed by atoms with Crippen molar-refractivity contribution in [2.75, 3.05) is 20.3 Å². The molecule has 0 heterocycles. The molecule has 0 bridgehead atoms. The van der Waals surface area contributed by atoms with Gasteiger partial charge >= 0.3 is 12.1 Å². The minimum absolute atomic E-state index is 0.0278. The van der Waals surface area contributed by atoms with Crippen molar-refractivity contribution in [3.63, 3.8) is 0 Å². The van der Waals surface area contributed by atoms with E-state index < -0.39 is 54.4 Å². The van der Waals surface area contributed by atoms with E-state index in [4.69, 9.17) is 9.47 Å². The van der Waals surface area contributed by atoms with Gasteiger partial charge in [0.05, 0.1) is 12.0 Å². The third kappa shape index (κ3) is 4.70. The minimum Gasteiger partial charge on any atom is -0.480 e. The molecule has 0 aliphatic heterocycles. The molecule has 2 aliphatic rings. The number of carbonyl (C=O) groups excluding carboxylic acids is 2. The number of fused-ring (bicyclic) bond motifs is 3. The number of nitrogens with one attached hydrogen (secondary N) is 2. The highest BCUT2D eigenvalue weighted by Gasteiger charge is 2.71. The maximum absolute atomic E-state index is 14.2. The zero-order valence-corrected chi connectivity index (χ0v) is 19.2. The van der Waals surface area contributed by atoms with Gasteiger partial charge in [-0.05, 0) is 29.2 Å². The second kappa shape index (κ2) is 9.61. The van der Waals surface area contributed by atoms with E-state index in [1.54, 1.807) is 0 Å². The number of amides is 2. The first-order chi connectivity index (χ1) is 16.7. The summed E-state index contributed by atoms with van der Waals surface area (Å²) in [5.74, 6) is -9.27. The number of aliphatic carboxylic acids is 1. The second-order valence-electron chi connectivity index (χ2n) is 8.73. The van der Waals surface area contributed by atoms with Gasteiger partial charge in [0, 0.05) is 19.6 Å². The van der Waals surface area contributed by atoms with E-state index in [2.05, 4.69) is 10.6 Å². The molecule has 2 unspecified atom stereocenters. The molecule has 35 heavy (non-hydrogen) atoms. The van der Waals surface area contributed by atoms with Crippen LogP contribution in [0.5, 0.6) is 0 Å². The number of ether oxygens (including phenoxy) is 2. The third-order valence-corrected chi connectivity index (χ3v) is 6.70. The third-order valence-electron chi connectivity index (χ3n) is 6.70. The molecule has 4 atom stereocenters. The van der Waals surface area contributed by atoms with E-state index in [1.807, 2.05) is 48.5 Å². The number of methoxy groups -OCH3 is 1. The van der Waals surface area contributed by atoms with Crippen LogP contribution in [0, 0.1) is 11.8 Å². The summed E-state index contributed by atoms with van der Waals surface area (Å²) in [6.45, 7) is 0.944. The number of carbonyl (C=O) groups is 3. The fraction of sp³-hybridized carbons (Fsp3) is 0.400. The van der Waals surface area contributed by atoms with Gasteiger partial charge in [-0.1, -0.05) is 48.5 Å². The van der Waals surface area contributed by atoms with Gasteiger partial charge in [0.2, 0.25) is 5.91 Å². The molecule has 10 heteroatoms. The number of alkyl halides is 2. The zero-order valence-electron chi connectivity index (χ0n) is 19.2. The van der Waals surface area contributed by atoms with Crippen LogP contribution in [0.4, 0.5) is 13.6 Å². The van der Waals surface area contributed by atoms with Crippen LogP contribution >= 0.6 is 0 Å². The fourth-order valence-corrected chi connectivity index (χ4v) is 4.60. The van der Waals surface area contributed by atoms with Gasteiger partial charge in [0.25, 0.3) is 5.92 Å². The first-order valence-electron chi connectivity index (χ1n) is 11.2. The number of carboxylic acids is 1. The zero-order chi connectivity index (χ0) is 25.3. The van der Waals surface area contributed by atoms with E-state index in [9.17, 15) is 28.3 Å². The van der Waals surface area contributed by atoms with Gasteiger partial charge in [-0.2, -0.15) is 0 Å². The van der Waals surface area contributed by atoms with Crippen LogP contribution in [0.3, 0.4) is 0 Å². The Bertz CT molecular complexity index is 1090. The van der Waals surface area contributed by atoms with Crippen LogP contribution < -0.4 is 10.6 Å². The molecule has 2 aliphatic carbocycles. The Balaban J connectivity index is 1.32. The molecule has 0 aromatic heterocycles. The first-order valence-corrected chi connectivity index (χ1v) is 11.2. The van der Waals surface area contributed by atoms with Crippen molar-refractivity contribution in [1.29, 1.82) is 0 Å². The Morgan fingerprint density at radius 2 is 1.63 bits per heavy atom. The monoisotopic (exact) mass is 488 g/mol. The summed E-state index contributed by atoms with van der Waals surface area (Å²) < 4.78 is 38.7. The summed E-state index contributed by atoms with van der Waals surface area (Å²) in [6, 6.07) is 14.1. The number of benzene rings is 2. The molecule has 1 saturated carbocycles. The predicted octanol–water partition coefficient (Wildman–Crippen LogP) is 3.01. The summed E-state index contributed by atoms with van der Waals surface area (Å²) in [5, 5.41) is 13.6. The highest BCUT2D eigenvalue weighted by molar-refractivity contribution is 5.88. The molecule has 2 amide bonds. The topological polar surface area (TPSA) is 114 Å². The first kappa shape index (κ1) is 24.6. The van der Waals surface area contributed by atoms with Crippen molar-refractivity contribution in [2.24, 2.45) is 11.8 Å². The Hall–Kier alpha value is -3.53. The molecule has 8 nitrogen and oxygen atoms in total. The largest absolute Gasteiger partial charge is 0.480 e. The Labute approximate surface area is 200 Å². The Morgan fingerprint density at radius 3 is 2.17 bits per heavy atom. The minimum atomic E-state index is -3.37. The molecule has 0 radical (unpaired) electrons. The average Bonchev–Trinajstić information content (AvgIpc) is 3.25. The van der Waals surface area contributed by atoms with Crippen LogP contribution in [-0.4, -0.2) is 61.4 Å². The number of carboxylic acid groups (broad SMARTS) is 1. The van der Waals surface area contributed by atoms with Gasteiger partial charge in [0.15, 0.2) is 6.04 Å². The second-order valence-corrected chi connectivity index (χ2v) is 8.73. The van der Waals surface area contributed by atoms with E-state index in [-0.39, 0.29) is 12.5 Å². The molecule has 4 rings (SSSR count). The van der Waals surface area contributed by atoms with Crippen LogP contribution in [0.2, 0.25) is 0 Å². The molecule has 0 saturated heterocycles. The molecule has 1 fully saturated rings. The van der Waals surface area contributed by atoms with Crippen LogP contribution in [-0.2, 0) is 19.1 Å². The average molecular weight is 488 g/mol. The highest BCUT2D eigenvalue weighted by Crippen LogP contribution is 2.55. The van der Waals surface area contributed by atoms with Gasteiger partial charge in [-0.3, -0.25) is 4.79 Å². The van der Waals surface area contributed by atoms with Gasteiger partial charge in [0.1, 0.15) is 12.5 Å². The molecule has 2 aromatic carbocycles. The van der Waals surface area contributed by atoms with E-state index in [1.165, 1.54) is 14.0 Å². The van der Waals surface area contributed by atoms with Crippen LogP contribution in [0.15, 0.2) is 48.5 Å². The molecule has 0 spiro atoms. The summed E-state index contributed by atoms with van der Waals surface area (Å²) >= 11 is 0. The quantitative estimate of drug-likeness (QED) is 0.500. The molecule has 186 valence electrons. The lowest BCUT2D eigenvalue weighted by atomic mass is 9.98. The van der Waals surface area contributed by atoms with E-state index in [0.717, 1.165) is 22.3 Å². The molecule has 3 N–H and O–H groups in total. The predicted molar refractivity (Wildman–Crippen MR) is 121 cm³/mol. The maximum atomic E-state index is 14.2. The van der Waals surface area contributed by atoms with Crippen LogP contribution in [0.1, 0.15) is 24.0 Å². The van der Waals surface area contributed by atoms with Crippen molar-refractivity contribution in [2.45, 2.75) is 30.9 Å². The van der Waals surface area contributed by atoms with E-state index in [0.29, 0.717) is 0 Å². The Morgan fingerprint density at radius 1 is 1.06 bits per heavy atom. The summed E-state index contributed by atoms with van der Waals surface area (Å²) in [5.41, 5.74) is 4.16. The fourth-order valence-electron chi connectivity index (χ4n) is 4.60. The number of rotatable bonds is 9. The number of hydrogen-bond donors (Lipinski definition) is 3. The number of halogens is 2. The maximum Gasteiger partial charge on any atom is 0.407 e. The summed E-state index contributed by atoms with van der Waals surface area (Å²) in [6.07, 6.45) is -1.79. The Kier molecular flexibility index (Phi) is 6.75. The summed E-state index contributed by atoms with van der Waals surface area (Å²) in [7, 11) is 1.25. The van der Waals surface area contributed by atoms with Gasteiger partial charge < -0.3 is 25.2 Å². The van der Waals surface area contributed by atoms with E-state index >= 15 is 0 Å². The van der Waals surface area contributed by atoms with Crippen molar-refractivity contribution < 1.29 is 37.7 Å². The van der Waals surface area contributed by atoms with Gasteiger partial charge in [-0.15, -0.1) is 0 Å². The SMILES string of the molecule is COC(C)C(NC(=O)[C@@H]1[C@H](CNC(=O)OCC2c3ccccc3-c3ccccc32)C1(F)F)C(=O)O. The highest BCUT2D eigenvalue weighted by atomic mass is 19.3. The lowest BCUT2D eigenvalue weighted by Gasteiger charge is -2.20. The van der Waals surface area contributed by atoms with Crippen molar-refractivity contribution in [3.8, 4) is 11.1 Å². The standard InChI is InChI=1S/C25H26F2N2O6/c1-13(34-2)21(23(31)32)29-22(30)20-19(25(20,26)27)11-28-24(33)35-12-18-16-9-5-3-7-14(16)15-8-4-6-10-17(15)18/h3-10,13,18-21H,11-12H2,1-2H3,(H,28,33)(H,29,30)(H,31,32)/t13?,19-,20-,21?/m0/s1. The summed E-state index contributed by atoms with van der Waals surface area (Å²) in [4.78, 5) is 35.9. The molecular formula is C25H26F2N2O6. The van der Waals surface area contributed by atoms with Crippen molar-refractivity contribution in [1.82, 2.24) is 10.6 Å². The number of alkyl carbamates (subject to hydrolysis) is 1. The van der Waals surface area contributed by atoms with Gasteiger partial charge in [-0.25, -0.2) is 18.4 Å².